The van der Waals surface area contributed by atoms with E-state index in [4.69, 9.17) is 5.11 Å². The van der Waals surface area contributed by atoms with Gasteiger partial charge in [-0.1, -0.05) is 24.3 Å². The molecule has 0 aliphatic rings. The van der Waals surface area contributed by atoms with Crippen molar-refractivity contribution in [3.8, 4) is 0 Å². The van der Waals surface area contributed by atoms with Gasteiger partial charge in [0.1, 0.15) is 12.1 Å². The van der Waals surface area contributed by atoms with Crippen molar-refractivity contribution in [3.63, 3.8) is 0 Å². The molecule has 0 spiro atoms. The Morgan fingerprint density at radius 3 is 2.47 bits per heavy atom. The maximum Gasteiger partial charge on any atom is 0.217 e. The molecule has 0 radical (unpaired) electrons. The second-order valence-corrected chi connectivity index (χ2v) is 3.55. The van der Waals surface area contributed by atoms with E-state index < -0.39 is 5.95 Å². The molecule has 2 rings (SSSR count). The zero-order valence-electron chi connectivity index (χ0n) is 9.10. The number of anilines is 1. The van der Waals surface area contributed by atoms with E-state index in [-0.39, 0.29) is 6.61 Å². The van der Waals surface area contributed by atoms with Gasteiger partial charge in [-0.05, 0) is 11.1 Å². The fraction of sp³-hybridized carbons (Fsp3) is 0.167. The average molecular weight is 233 g/mol. The normalized spacial score (nSPS) is 10.2. The fourth-order valence-corrected chi connectivity index (χ4v) is 1.39. The summed E-state index contributed by atoms with van der Waals surface area (Å²) >= 11 is 0. The summed E-state index contributed by atoms with van der Waals surface area (Å²) < 4.78 is 12.8. The van der Waals surface area contributed by atoms with Crippen LogP contribution in [0.15, 0.2) is 36.7 Å². The lowest BCUT2D eigenvalue weighted by Gasteiger charge is -2.05. The van der Waals surface area contributed by atoms with E-state index in [1.807, 2.05) is 24.3 Å². The Labute approximate surface area is 98.2 Å². The third-order valence-corrected chi connectivity index (χ3v) is 2.31. The molecule has 88 valence electrons. The quantitative estimate of drug-likeness (QED) is 0.789. The van der Waals surface area contributed by atoms with Crippen molar-refractivity contribution in [3.05, 3.63) is 53.7 Å². The summed E-state index contributed by atoms with van der Waals surface area (Å²) in [4.78, 5) is 7.26. The van der Waals surface area contributed by atoms with Crippen LogP contribution in [0.3, 0.4) is 0 Å². The van der Waals surface area contributed by atoms with Gasteiger partial charge in [-0.2, -0.15) is 4.39 Å². The maximum atomic E-state index is 12.8. The van der Waals surface area contributed by atoms with E-state index in [9.17, 15) is 4.39 Å². The lowest BCUT2D eigenvalue weighted by atomic mass is 10.1. The van der Waals surface area contributed by atoms with Crippen LogP contribution in [0, 0.1) is 5.95 Å². The lowest BCUT2D eigenvalue weighted by molar-refractivity contribution is 0.282. The summed E-state index contributed by atoms with van der Waals surface area (Å²) in [6.07, 6.45) is 1.17. The Kier molecular flexibility index (Phi) is 3.62. The van der Waals surface area contributed by atoms with Crippen molar-refractivity contribution in [2.45, 2.75) is 13.2 Å². The maximum absolute atomic E-state index is 12.8. The molecule has 0 saturated carbocycles. The highest BCUT2D eigenvalue weighted by Gasteiger charge is 1.98. The van der Waals surface area contributed by atoms with Gasteiger partial charge in [0, 0.05) is 12.6 Å². The second-order valence-electron chi connectivity index (χ2n) is 3.55. The Morgan fingerprint density at radius 1 is 1.12 bits per heavy atom. The second kappa shape index (κ2) is 5.36. The molecule has 0 unspecified atom stereocenters. The lowest BCUT2D eigenvalue weighted by Crippen LogP contribution is -2.02. The molecular weight excluding hydrogens is 221 g/mol. The molecule has 1 heterocycles. The van der Waals surface area contributed by atoms with Gasteiger partial charge in [-0.15, -0.1) is 0 Å². The van der Waals surface area contributed by atoms with Gasteiger partial charge in [0.2, 0.25) is 5.95 Å². The minimum atomic E-state index is -0.557. The molecule has 1 aromatic heterocycles. The highest BCUT2D eigenvalue weighted by molar-refractivity contribution is 5.34. The van der Waals surface area contributed by atoms with Crippen LogP contribution in [0.4, 0.5) is 10.2 Å². The monoisotopic (exact) mass is 233 g/mol. The van der Waals surface area contributed by atoms with E-state index in [1.54, 1.807) is 0 Å². The number of halogens is 1. The van der Waals surface area contributed by atoms with Gasteiger partial charge in [-0.25, -0.2) is 9.97 Å². The fourth-order valence-electron chi connectivity index (χ4n) is 1.39. The number of rotatable bonds is 4. The first-order chi connectivity index (χ1) is 8.28. The topological polar surface area (TPSA) is 58.0 Å². The van der Waals surface area contributed by atoms with E-state index in [1.165, 1.54) is 12.4 Å². The number of aliphatic hydroxyl groups is 1. The third-order valence-electron chi connectivity index (χ3n) is 2.31. The molecule has 0 aliphatic heterocycles. The van der Waals surface area contributed by atoms with Gasteiger partial charge < -0.3 is 10.4 Å². The average Bonchev–Trinajstić information content (AvgIpc) is 2.37. The van der Waals surface area contributed by atoms with E-state index >= 15 is 0 Å². The summed E-state index contributed by atoms with van der Waals surface area (Å²) in [6.45, 7) is 0.576. The Balaban J connectivity index is 1.97. The molecule has 2 aromatic rings. The zero-order chi connectivity index (χ0) is 12.1. The number of aliphatic hydroxyl groups excluding tert-OH is 1. The van der Waals surface area contributed by atoms with Crippen LogP contribution in [-0.4, -0.2) is 15.1 Å². The zero-order valence-corrected chi connectivity index (χ0v) is 9.10. The Morgan fingerprint density at radius 2 is 1.82 bits per heavy atom. The van der Waals surface area contributed by atoms with E-state index in [0.29, 0.717) is 12.4 Å². The predicted molar refractivity (Wildman–Crippen MR) is 61.7 cm³/mol. The van der Waals surface area contributed by atoms with Crippen LogP contribution in [0.2, 0.25) is 0 Å². The standard InChI is InChI=1S/C12H12FN3O/c13-11-5-12(16-8-15-11)14-6-9-1-3-10(7-17)4-2-9/h1-5,8,17H,6-7H2,(H,14,15,16). The van der Waals surface area contributed by atoms with Crippen molar-refractivity contribution in [1.82, 2.24) is 9.97 Å². The number of nitrogens with one attached hydrogen (secondary N) is 1. The largest absolute Gasteiger partial charge is 0.392 e. The number of hydrogen-bond donors (Lipinski definition) is 2. The van der Waals surface area contributed by atoms with Crippen molar-refractivity contribution >= 4 is 5.82 Å². The van der Waals surface area contributed by atoms with Gasteiger partial charge in [-0.3, -0.25) is 0 Å². The van der Waals surface area contributed by atoms with Gasteiger partial charge in [0.05, 0.1) is 6.61 Å². The van der Waals surface area contributed by atoms with Crippen LogP contribution in [-0.2, 0) is 13.2 Å². The van der Waals surface area contributed by atoms with E-state index in [0.717, 1.165) is 11.1 Å². The van der Waals surface area contributed by atoms with Gasteiger partial charge in [0.25, 0.3) is 0 Å². The molecule has 0 atom stereocenters. The first-order valence-corrected chi connectivity index (χ1v) is 5.18. The first kappa shape index (κ1) is 11.5. The molecular formula is C12H12FN3O. The molecule has 0 fully saturated rings. The molecule has 0 amide bonds. The van der Waals surface area contributed by atoms with Crippen LogP contribution < -0.4 is 5.32 Å². The molecule has 4 nitrogen and oxygen atoms in total. The minimum Gasteiger partial charge on any atom is -0.392 e. The number of nitrogens with zero attached hydrogens (tertiary/aromatic N) is 2. The number of benzene rings is 1. The highest BCUT2D eigenvalue weighted by Crippen LogP contribution is 2.08. The van der Waals surface area contributed by atoms with Crippen molar-refractivity contribution in [2.75, 3.05) is 5.32 Å². The van der Waals surface area contributed by atoms with Crippen LogP contribution in [0.5, 0.6) is 0 Å². The summed E-state index contributed by atoms with van der Waals surface area (Å²) in [5.74, 6) is -0.109. The van der Waals surface area contributed by atoms with Crippen LogP contribution in [0.1, 0.15) is 11.1 Å². The molecule has 5 heteroatoms. The van der Waals surface area contributed by atoms with Gasteiger partial charge >= 0.3 is 0 Å². The number of hydrogen-bond acceptors (Lipinski definition) is 4. The van der Waals surface area contributed by atoms with Gasteiger partial charge in [0.15, 0.2) is 0 Å². The highest BCUT2D eigenvalue weighted by atomic mass is 19.1. The van der Waals surface area contributed by atoms with Crippen molar-refractivity contribution in [2.24, 2.45) is 0 Å². The van der Waals surface area contributed by atoms with Crippen LogP contribution in [0.25, 0.3) is 0 Å². The Bertz CT molecular complexity index is 487. The van der Waals surface area contributed by atoms with Crippen molar-refractivity contribution in [1.29, 1.82) is 0 Å². The summed E-state index contributed by atoms with van der Waals surface area (Å²) in [6, 6.07) is 8.73. The molecule has 2 N–H and O–H groups in total. The third kappa shape index (κ3) is 3.22. The van der Waals surface area contributed by atoms with Crippen molar-refractivity contribution < 1.29 is 9.50 Å². The number of aromatic nitrogens is 2. The predicted octanol–water partition coefficient (Wildman–Crippen LogP) is 1.72. The molecule has 17 heavy (non-hydrogen) atoms. The van der Waals surface area contributed by atoms with Crippen LogP contribution >= 0.6 is 0 Å². The minimum absolute atomic E-state index is 0.0326. The molecule has 0 bridgehead atoms. The van der Waals surface area contributed by atoms with E-state index in [2.05, 4.69) is 15.3 Å². The SMILES string of the molecule is OCc1ccc(CNc2cc(F)ncn2)cc1. The molecule has 1 aromatic carbocycles. The Hall–Kier alpha value is -2.01. The summed E-state index contributed by atoms with van der Waals surface area (Å²) in [7, 11) is 0. The smallest absolute Gasteiger partial charge is 0.217 e. The first-order valence-electron chi connectivity index (χ1n) is 5.18. The molecule has 0 saturated heterocycles. The summed E-state index contributed by atoms with van der Waals surface area (Å²) in [5, 5.41) is 11.9. The summed E-state index contributed by atoms with van der Waals surface area (Å²) in [5.41, 5.74) is 1.89. The molecule has 0 aliphatic carbocycles.